The summed E-state index contributed by atoms with van der Waals surface area (Å²) in [5.74, 6) is 1.31. The van der Waals surface area contributed by atoms with E-state index >= 15 is 0 Å². The number of aromatic nitrogens is 1. The molecule has 34 heavy (non-hydrogen) atoms. The van der Waals surface area contributed by atoms with Crippen LogP contribution in [0.15, 0.2) is 60.8 Å². The van der Waals surface area contributed by atoms with Gasteiger partial charge in [0, 0.05) is 43.0 Å². The maximum atomic E-state index is 12.8. The van der Waals surface area contributed by atoms with Crippen LogP contribution in [0.2, 0.25) is 10.0 Å². The number of carbonyl (C=O) groups excluding carboxylic acids is 2. The topological polar surface area (TPSA) is 86.8 Å². The highest BCUT2D eigenvalue weighted by atomic mass is 35.5. The van der Waals surface area contributed by atoms with Crippen molar-refractivity contribution in [1.82, 2.24) is 9.88 Å². The molecule has 0 spiro atoms. The van der Waals surface area contributed by atoms with Crippen molar-refractivity contribution in [1.29, 1.82) is 0 Å². The minimum atomic E-state index is -0.379. The van der Waals surface area contributed by atoms with E-state index in [1.165, 1.54) is 0 Å². The quantitative estimate of drug-likeness (QED) is 0.515. The van der Waals surface area contributed by atoms with Crippen molar-refractivity contribution < 1.29 is 14.3 Å². The van der Waals surface area contributed by atoms with Gasteiger partial charge in [-0.25, -0.2) is 9.78 Å². The van der Waals surface area contributed by atoms with Crippen molar-refractivity contribution in [3.05, 3.63) is 76.4 Å². The Morgan fingerprint density at radius 3 is 2.38 bits per heavy atom. The lowest BCUT2D eigenvalue weighted by molar-refractivity contribution is 0.0746. The third kappa shape index (κ3) is 5.70. The van der Waals surface area contributed by atoms with Gasteiger partial charge in [0.2, 0.25) is 0 Å². The van der Waals surface area contributed by atoms with Crippen LogP contribution < -0.4 is 20.3 Å². The van der Waals surface area contributed by atoms with Crippen LogP contribution in [0.25, 0.3) is 0 Å². The molecule has 8 nitrogen and oxygen atoms in total. The van der Waals surface area contributed by atoms with E-state index in [1.807, 2.05) is 6.07 Å². The fourth-order valence-corrected chi connectivity index (χ4v) is 4.10. The number of hydrogen-bond acceptors (Lipinski definition) is 5. The predicted octanol–water partition coefficient (Wildman–Crippen LogP) is 5.00. The molecule has 0 aliphatic carbocycles. The Kier molecular flexibility index (Phi) is 7.40. The zero-order chi connectivity index (χ0) is 24.1. The number of benzene rings is 2. The first-order valence-electron chi connectivity index (χ1n) is 10.6. The average Bonchev–Trinajstić information content (AvgIpc) is 2.84. The minimum Gasteiger partial charge on any atom is -0.497 e. The van der Waals surface area contributed by atoms with Crippen LogP contribution in [0.3, 0.4) is 0 Å². The molecule has 0 atom stereocenters. The largest absolute Gasteiger partial charge is 0.497 e. The predicted molar refractivity (Wildman–Crippen MR) is 134 cm³/mol. The Hall–Kier alpha value is -3.49. The zero-order valence-electron chi connectivity index (χ0n) is 18.4. The van der Waals surface area contributed by atoms with Crippen molar-refractivity contribution in [2.45, 2.75) is 0 Å². The summed E-state index contributed by atoms with van der Waals surface area (Å²) >= 11 is 12.1. The molecule has 176 valence electrons. The van der Waals surface area contributed by atoms with Crippen LogP contribution in [-0.4, -0.2) is 55.1 Å². The highest BCUT2D eigenvalue weighted by molar-refractivity contribution is 6.36. The van der Waals surface area contributed by atoms with Crippen LogP contribution in [0.1, 0.15) is 10.4 Å². The second kappa shape index (κ2) is 10.6. The summed E-state index contributed by atoms with van der Waals surface area (Å²) in [4.78, 5) is 33.4. The standard InChI is InChI=1S/C24H23Cl2N5O3/c1-34-19-4-2-3-17(14-19)28-24(33)29-18-6-8-22(27-15-18)30-9-11-31(12-10-30)23(32)20-7-5-16(25)13-21(20)26/h2-8,13-15H,9-12H2,1H3,(H2,28,29,33). The lowest BCUT2D eigenvalue weighted by Crippen LogP contribution is -2.49. The first-order valence-corrected chi connectivity index (χ1v) is 11.4. The Morgan fingerprint density at radius 1 is 0.941 bits per heavy atom. The van der Waals surface area contributed by atoms with E-state index in [4.69, 9.17) is 27.9 Å². The molecule has 0 bridgehead atoms. The number of anilines is 3. The van der Waals surface area contributed by atoms with Crippen LogP contribution in [0.5, 0.6) is 5.75 Å². The van der Waals surface area contributed by atoms with Gasteiger partial charge in [-0.05, 0) is 42.5 Å². The first-order chi connectivity index (χ1) is 16.4. The smallest absolute Gasteiger partial charge is 0.323 e. The van der Waals surface area contributed by atoms with Gasteiger partial charge < -0.3 is 25.2 Å². The Morgan fingerprint density at radius 2 is 1.71 bits per heavy atom. The normalized spacial score (nSPS) is 13.4. The molecule has 3 aromatic rings. The molecule has 1 aromatic heterocycles. The summed E-state index contributed by atoms with van der Waals surface area (Å²) in [5.41, 5.74) is 1.63. The Labute approximate surface area is 207 Å². The molecule has 10 heteroatoms. The Balaban J connectivity index is 1.30. The fourth-order valence-electron chi connectivity index (χ4n) is 3.61. The van der Waals surface area contributed by atoms with Gasteiger partial charge >= 0.3 is 6.03 Å². The van der Waals surface area contributed by atoms with Gasteiger partial charge in [0.15, 0.2) is 0 Å². The average molecular weight is 500 g/mol. The highest BCUT2D eigenvalue weighted by Crippen LogP contribution is 2.24. The molecule has 2 heterocycles. The minimum absolute atomic E-state index is 0.115. The van der Waals surface area contributed by atoms with E-state index in [9.17, 15) is 9.59 Å². The maximum Gasteiger partial charge on any atom is 0.323 e. The lowest BCUT2D eigenvalue weighted by Gasteiger charge is -2.35. The molecule has 1 saturated heterocycles. The number of hydrogen-bond donors (Lipinski definition) is 2. The second-order valence-electron chi connectivity index (χ2n) is 7.62. The number of ether oxygens (including phenoxy) is 1. The summed E-state index contributed by atoms with van der Waals surface area (Å²) in [6, 6.07) is 15.2. The van der Waals surface area contributed by atoms with E-state index in [0.29, 0.717) is 58.9 Å². The molecule has 2 aromatic carbocycles. The summed E-state index contributed by atoms with van der Waals surface area (Å²) in [7, 11) is 1.57. The first kappa shape index (κ1) is 23.7. The summed E-state index contributed by atoms with van der Waals surface area (Å²) in [6.07, 6.45) is 1.60. The zero-order valence-corrected chi connectivity index (χ0v) is 19.9. The van der Waals surface area contributed by atoms with E-state index in [1.54, 1.807) is 66.7 Å². The summed E-state index contributed by atoms with van der Waals surface area (Å²) < 4.78 is 5.16. The number of pyridine rings is 1. The maximum absolute atomic E-state index is 12.8. The van der Waals surface area contributed by atoms with Crippen LogP contribution in [0.4, 0.5) is 22.0 Å². The molecule has 0 saturated carbocycles. The second-order valence-corrected chi connectivity index (χ2v) is 8.46. The van der Waals surface area contributed by atoms with E-state index in [-0.39, 0.29) is 11.9 Å². The molecule has 2 N–H and O–H groups in total. The number of amides is 3. The van der Waals surface area contributed by atoms with Gasteiger partial charge in [0.05, 0.1) is 29.6 Å². The van der Waals surface area contributed by atoms with Crippen LogP contribution in [0, 0.1) is 0 Å². The van der Waals surface area contributed by atoms with Crippen molar-refractivity contribution in [3.63, 3.8) is 0 Å². The molecule has 0 radical (unpaired) electrons. The number of piperazine rings is 1. The molecular formula is C24H23Cl2N5O3. The van der Waals surface area contributed by atoms with Gasteiger partial charge in [-0.3, -0.25) is 4.79 Å². The van der Waals surface area contributed by atoms with E-state index < -0.39 is 0 Å². The monoisotopic (exact) mass is 499 g/mol. The number of halogens is 2. The molecule has 1 aliphatic rings. The van der Waals surface area contributed by atoms with E-state index in [0.717, 1.165) is 5.82 Å². The molecule has 0 unspecified atom stereocenters. The third-order valence-electron chi connectivity index (χ3n) is 5.39. The highest BCUT2D eigenvalue weighted by Gasteiger charge is 2.24. The number of urea groups is 1. The third-order valence-corrected chi connectivity index (χ3v) is 5.93. The summed E-state index contributed by atoms with van der Waals surface area (Å²) in [6.45, 7) is 2.35. The van der Waals surface area contributed by atoms with Crippen LogP contribution in [-0.2, 0) is 0 Å². The van der Waals surface area contributed by atoms with E-state index in [2.05, 4.69) is 20.5 Å². The molecule has 3 amide bonds. The van der Waals surface area contributed by atoms with Crippen LogP contribution >= 0.6 is 23.2 Å². The summed E-state index contributed by atoms with van der Waals surface area (Å²) in [5, 5.41) is 6.36. The van der Waals surface area contributed by atoms with Gasteiger partial charge in [-0.1, -0.05) is 29.3 Å². The molecular weight excluding hydrogens is 477 g/mol. The van der Waals surface area contributed by atoms with Crippen molar-refractivity contribution in [2.24, 2.45) is 0 Å². The van der Waals surface area contributed by atoms with Gasteiger partial charge in [-0.15, -0.1) is 0 Å². The number of methoxy groups -OCH3 is 1. The van der Waals surface area contributed by atoms with Gasteiger partial charge in [-0.2, -0.15) is 0 Å². The number of carbonyl (C=O) groups is 2. The van der Waals surface area contributed by atoms with Gasteiger partial charge in [0.25, 0.3) is 5.91 Å². The SMILES string of the molecule is COc1cccc(NC(=O)Nc2ccc(N3CCN(C(=O)c4ccc(Cl)cc4Cl)CC3)nc2)c1. The van der Waals surface area contributed by atoms with Crippen molar-refractivity contribution in [2.75, 3.05) is 48.8 Å². The van der Waals surface area contributed by atoms with Crippen molar-refractivity contribution in [3.8, 4) is 5.75 Å². The Bertz CT molecular complexity index is 1180. The lowest BCUT2D eigenvalue weighted by atomic mass is 10.1. The number of rotatable bonds is 5. The molecule has 1 aliphatic heterocycles. The fraction of sp³-hybridized carbons (Fsp3) is 0.208. The van der Waals surface area contributed by atoms with Crippen molar-refractivity contribution >= 4 is 52.3 Å². The molecule has 4 rings (SSSR count). The molecule has 1 fully saturated rings. The van der Waals surface area contributed by atoms with Gasteiger partial charge in [0.1, 0.15) is 11.6 Å². The number of nitrogens with zero attached hydrogens (tertiary/aromatic N) is 3. The number of nitrogens with one attached hydrogen (secondary N) is 2.